The molecule has 1 atom stereocenters. The minimum Gasteiger partial charge on any atom is -0.506 e. The molecular formula is C13H13N3O4S. The van der Waals surface area contributed by atoms with Gasteiger partial charge in [-0.05, 0) is 19.1 Å². The highest BCUT2D eigenvalue weighted by atomic mass is 32.1. The van der Waals surface area contributed by atoms with Gasteiger partial charge in [-0.15, -0.1) is 0 Å². The maximum absolute atomic E-state index is 12.1. The molecule has 2 aromatic rings. The maximum Gasteiger partial charge on any atom is 0.261 e. The Bertz CT molecular complexity index is 856. The second-order valence-electron chi connectivity index (χ2n) is 4.88. The van der Waals surface area contributed by atoms with Crippen molar-refractivity contribution in [1.82, 2.24) is 14.5 Å². The van der Waals surface area contributed by atoms with E-state index < -0.39 is 11.7 Å². The molecule has 2 aromatic heterocycles. The summed E-state index contributed by atoms with van der Waals surface area (Å²) in [6.07, 6.45) is 0.740. The molecule has 0 spiro atoms. The van der Waals surface area contributed by atoms with Crippen LogP contribution in [-0.4, -0.2) is 24.7 Å². The Labute approximate surface area is 124 Å². The zero-order valence-electron chi connectivity index (χ0n) is 11.4. The number of fused-ring (bicyclic) bond motifs is 1. The smallest absolute Gasteiger partial charge is 0.261 e. The van der Waals surface area contributed by atoms with Gasteiger partial charge in [0.25, 0.3) is 5.56 Å². The number of hydrogen-bond acceptors (Lipinski definition) is 6. The highest BCUT2D eigenvalue weighted by molar-refractivity contribution is 7.71. The van der Waals surface area contributed by atoms with Crippen LogP contribution in [-0.2, 0) is 18.4 Å². The van der Waals surface area contributed by atoms with Crippen LogP contribution in [0.3, 0.4) is 0 Å². The number of ether oxygens (including phenoxy) is 1. The molecule has 0 radical (unpaired) electrons. The monoisotopic (exact) mass is 307 g/mol. The summed E-state index contributed by atoms with van der Waals surface area (Å²) in [5.41, 5.74) is 1.06. The molecule has 3 rings (SSSR count). The van der Waals surface area contributed by atoms with Gasteiger partial charge in [0.15, 0.2) is 4.77 Å². The number of pyridine rings is 1. The number of nitrogens with zero attached hydrogens (tertiary/aromatic N) is 2. The first-order valence-corrected chi connectivity index (χ1v) is 6.63. The molecule has 7 nitrogen and oxygen atoms in total. The largest absolute Gasteiger partial charge is 0.506 e. The van der Waals surface area contributed by atoms with Crippen LogP contribution in [0.1, 0.15) is 28.5 Å². The number of hydrogen-bond donors (Lipinski definition) is 3. The zero-order chi connectivity index (χ0) is 15.3. The second-order valence-corrected chi connectivity index (χ2v) is 5.26. The van der Waals surface area contributed by atoms with Crippen molar-refractivity contribution < 1.29 is 14.9 Å². The summed E-state index contributed by atoms with van der Waals surface area (Å²) in [6, 6.07) is 0. The number of aromatic amines is 1. The van der Waals surface area contributed by atoms with E-state index in [1.807, 2.05) is 0 Å². The van der Waals surface area contributed by atoms with Crippen LogP contribution in [0, 0.1) is 11.7 Å². The predicted molar refractivity (Wildman–Crippen MR) is 75.8 cm³/mol. The molecule has 1 aliphatic heterocycles. The van der Waals surface area contributed by atoms with Crippen molar-refractivity contribution >= 4 is 12.2 Å². The summed E-state index contributed by atoms with van der Waals surface area (Å²) in [7, 11) is 1.53. The van der Waals surface area contributed by atoms with Crippen molar-refractivity contribution in [2.24, 2.45) is 7.05 Å². The van der Waals surface area contributed by atoms with Gasteiger partial charge in [-0.3, -0.25) is 19.3 Å². The zero-order valence-corrected chi connectivity index (χ0v) is 12.2. The Morgan fingerprint density at radius 1 is 1.48 bits per heavy atom. The average molecular weight is 307 g/mol. The molecule has 21 heavy (non-hydrogen) atoms. The number of nitrogens with one attached hydrogen (secondary N) is 1. The van der Waals surface area contributed by atoms with E-state index in [1.54, 1.807) is 13.1 Å². The lowest BCUT2D eigenvalue weighted by Crippen LogP contribution is -2.21. The molecule has 3 N–H and O–H groups in total. The summed E-state index contributed by atoms with van der Waals surface area (Å²) in [6.45, 7) is 1.86. The lowest BCUT2D eigenvalue weighted by molar-refractivity contribution is 0.0890. The van der Waals surface area contributed by atoms with Crippen LogP contribution >= 0.6 is 12.2 Å². The highest BCUT2D eigenvalue weighted by Crippen LogP contribution is 2.42. The second kappa shape index (κ2) is 4.68. The standard InChI is InChI=1S/C13H13N3O4S/c1-5-9(17)7-6(3-14-5)4-20-10(7)8-11(18)15-13(21)16(2)12(8)19/h3,10,17,19H,4H2,1-2H3,(H,15,18,21)/t10-/m0/s1. The van der Waals surface area contributed by atoms with Crippen molar-refractivity contribution in [2.45, 2.75) is 19.6 Å². The first-order valence-electron chi connectivity index (χ1n) is 6.23. The summed E-state index contributed by atoms with van der Waals surface area (Å²) >= 11 is 4.93. The van der Waals surface area contributed by atoms with Gasteiger partial charge in [0.05, 0.1) is 12.3 Å². The minimum absolute atomic E-state index is 0.0192. The fraction of sp³-hybridized carbons (Fsp3) is 0.308. The fourth-order valence-corrected chi connectivity index (χ4v) is 2.59. The molecule has 0 saturated carbocycles. The van der Waals surface area contributed by atoms with Crippen LogP contribution in [0.4, 0.5) is 0 Å². The molecule has 0 aliphatic carbocycles. The third kappa shape index (κ3) is 1.95. The van der Waals surface area contributed by atoms with Crippen molar-refractivity contribution in [2.75, 3.05) is 0 Å². The number of rotatable bonds is 1. The van der Waals surface area contributed by atoms with E-state index >= 15 is 0 Å². The van der Waals surface area contributed by atoms with E-state index in [0.29, 0.717) is 16.8 Å². The number of H-pyrrole nitrogens is 1. The van der Waals surface area contributed by atoms with Crippen LogP contribution in [0.15, 0.2) is 11.0 Å². The molecule has 0 saturated heterocycles. The Hall–Kier alpha value is -2.19. The van der Waals surface area contributed by atoms with Gasteiger partial charge in [0, 0.05) is 24.4 Å². The molecule has 0 bridgehead atoms. The van der Waals surface area contributed by atoms with Gasteiger partial charge in [-0.1, -0.05) is 0 Å². The van der Waals surface area contributed by atoms with Gasteiger partial charge >= 0.3 is 0 Å². The number of aryl methyl sites for hydroxylation is 1. The van der Waals surface area contributed by atoms with Crippen molar-refractivity contribution in [3.8, 4) is 11.6 Å². The minimum atomic E-state index is -0.854. The Balaban J connectivity index is 2.28. The van der Waals surface area contributed by atoms with E-state index in [9.17, 15) is 15.0 Å². The molecule has 0 fully saturated rings. The quantitative estimate of drug-likeness (QED) is 0.684. The SMILES string of the molecule is Cc1ncc2c(c1O)[C@@H](c1c(O)n(C)c(=S)[nH]c1=O)OC2. The molecule has 0 unspecified atom stereocenters. The van der Waals surface area contributed by atoms with Crippen molar-refractivity contribution in [1.29, 1.82) is 0 Å². The normalized spacial score (nSPS) is 17.0. The van der Waals surface area contributed by atoms with Crippen LogP contribution < -0.4 is 5.56 Å². The van der Waals surface area contributed by atoms with Crippen molar-refractivity contribution in [3.05, 3.63) is 43.7 Å². The first-order chi connectivity index (χ1) is 9.91. The molecule has 3 heterocycles. The van der Waals surface area contributed by atoms with E-state index in [0.717, 1.165) is 0 Å². The van der Waals surface area contributed by atoms with Crippen molar-refractivity contribution in [3.63, 3.8) is 0 Å². The molecule has 110 valence electrons. The molecule has 1 aliphatic rings. The topological polar surface area (TPSA) is 100 Å². The average Bonchev–Trinajstić information content (AvgIpc) is 2.85. The Kier molecular flexibility index (Phi) is 3.07. The third-order valence-corrected chi connectivity index (χ3v) is 3.99. The van der Waals surface area contributed by atoms with Gasteiger partial charge in [-0.2, -0.15) is 0 Å². The lowest BCUT2D eigenvalue weighted by atomic mass is 10.0. The van der Waals surface area contributed by atoms with Crippen LogP contribution in [0.25, 0.3) is 0 Å². The van der Waals surface area contributed by atoms with E-state index in [1.165, 1.54) is 11.6 Å². The first kappa shape index (κ1) is 13.8. The van der Waals surface area contributed by atoms with Crippen LogP contribution in [0.2, 0.25) is 0 Å². The summed E-state index contributed by atoms with van der Waals surface area (Å²) in [5.74, 6) is -0.311. The molecule has 8 heteroatoms. The predicted octanol–water partition coefficient (Wildman–Crippen LogP) is 1.18. The van der Waals surface area contributed by atoms with Gasteiger partial charge in [0.2, 0.25) is 5.88 Å². The number of aromatic hydroxyl groups is 2. The molecule has 0 amide bonds. The van der Waals surface area contributed by atoms with E-state index in [2.05, 4.69) is 9.97 Å². The van der Waals surface area contributed by atoms with Gasteiger partial charge in [0.1, 0.15) is 17.4 Å². The fourth-order valence-electron chi connectivity index (χ4n) is 2.41. The van der Waals surface area contributed by atoms with Crippen LogP contribution in [0.5, 0.6) is 11.6 Å². The lowest BCUT2D eigenvalue weighted by Gasteiger charge is -2.15. The Morgan fingerprint density at radius 2 is 2.19 bits per heavy atom. The number of aromatic nitrogens is 3. The van der Waals surface area contributed by atoms with Gasteiger partial charge < -0.3 is 14.9 Å². The Morgan fingerprint density at radius 3 is 2.90 bits per heavy atom. The summed E-state index contributed by atoms with van der Waals surface area (Å²) < 4.78 is 6.96. The van der Waals surface area contributed by atoms with E-state index in [4.69, 9.17) is 17.0 Å². The van der Waals surface area contributed by atoms with Gasteiger partial charge in [-0.25, -0.2) is 0 Å². The molecule has 0 aromatic carbocycles. The third-order valence-electron chi connectivity index (χ3n) is 3.62. The summed E-state index contributed by atoms with van der Waals surface area (Å²) in [4.78, 5) is 18.7. The molecular weight excluding hydrogens is 294 g/mol. The van der Waals surface area contributed by atoms with E-state index in [-0.39, 0.29) is 28.6 Å². The summed E-state index contributed by atoms with van der Waals surface area (Å²) in [5, 5.41) is 20.4. The highest BCUT2D eigenvalue weighted by Gasteiger charge is 2.34. The maximum atomic E-state index is 12.1.